The van der Waals surface area contributed by atoms with E-state index in [9.17, 15) is 9.59 Å². The lowest BCUT2D eigenvalue weighted by Gasteiger charge is -2.05. The number of carbonyl (C=O) groups is 2. The van der Waals surface area contributed by atoms with Crippen LogP contribution in [-0.2, 0) is 9.59 Å². The van der Waals surface area contributed by atoms with Crippen LogP contribution in [0.1, 0.15) is 6.92 Å². The van der Waals surface area contributed by atoms with E-state index in [1.54, 1.807) is 24.3 Å². The number of aromatic nitrogens is 3. The lowest BCUT2D eigenvalue weighted by atomic mass is 10.3. The molecule has 3 rings (SSSR count). The molecule has 144 valence electrons. The topological polar surface area (TPSA) is 109 Å². The number of nitrogens with one attached hydrogen (secondary N) is 3. The number of nitrogens with zero attached hydrogens (tertiary/aromatic N) is 3. The molecule has 1 aromatic carbocycles. The van der Waals surface area contributed by atoms with E-state index in [0.29, 0.717) is 26.0 Å². The van der Waals surface area contributed by atoms with Gasteiger partial charge in [-0.2, -0.15) is 0 Å². The third kappa shape index (κ3) is 6.19. The van der Waals surface area contributed by atoms with Gasteiger partial charge in [0.25, 0.3) is 0 Å². The number of hydrogen-bond donors (Lipinski definition) is 3. The van der Waals surface area contributed by atoms with Crippen molar-refractivity contribution in [2.75, 3.05) is 21.7 Å². The first kappa shape index (κ1) is 20.1. The number of carbonyl (C=O) groups excluding carboxylic acids is 2. The molecule has 2 amide bonds. The summed E-state index contributed by atoms with van der Waals surface area (Å²) in [5.74, 6) is 0.275. The summed E-state index contributed by atoms with van der Waals surface area (Å²) < 4.78 is 0.653. The molecule has 3 aromatic rings. The van der Waals surface area contributed by atoms with Crippen molar-refractivity contribution >= 4 is 68.8 Å². The molecular weight excluding hydrogens is 420 g/mol. The Morgan fingerprint density at radius 3 is 2.71 bits per heavy atom. The number of benzene rings is 1. The molecular formula is C17H15ClN6O2S2. The van der Waals surface area contributed by atoms with Crippen LogP contribution in [0.3, 0.4) is 0 Å². The normalized spacial score (nSPS) is 10.4. The molecule has 0 aliphatic heterocycles. The van der Waals surface area contributed by atoms with Crippen molar-refractivity contribution < 1.29 is 9.59 Å². The average molecular weight is 435 g/mol. The standard InChI is InChI=1S/C17H15ClN6O2S2/c1-10(25)20-12-3-2-4-13(7-12)21-16-23-24-17(28-16)27-9-15(26)22-14-6-5-11(18)8-19-14/h2-8H,9H2,1H3,(H,20,25)(H,21,23)(H,19,22,26). The van der Waals surface area contributed by atoms with Crippen molar-refractivity contribution in [1.82, 2.24) is 15.2 Å². The summed E-state index contributed by atoms with van der Waals surface area (Å²) in [5.41, 5.74) is 1.45. The molecule has 0 unspecified atom stereocenters. The van der Waals surface area contributed by atoms with E-state index in [0.717, 1.165) is 5.69 Å². The van der Waals surface area contributed by atoms with Crippen LogP contribution < -0.4 is 16.0 Å². The smallest absolute Gasteiger partial charge is 0.235 e. The van der Waals surface area contributed by atoms with Crippen LogP contribution in [0, 0.1) is 0 Å². The minimum atomic E-state index is -0.201. The second-order valence-corrected chi connectivity index (χ2v) is 8.10. The molecule has 0 aliphatic rings. The molecule has 8 nitrogen and oxygen atoms in total. The second kappa shape index (κ2) is 9.49. The van der Waals surface area contributed by atoms with Crippen LogP contribution in [0.15, 0.2) is 46.9 Å². The number of rotatable bonds is 7. The van der Waals surface area contributed by atoms with E-state index in [4.69, 9.17) is 11.6 Å². The fourth-order valence-electron chi connectivity index (χ4n) is 2.08. The largest absolute Gasteiger partial charge is 0.330 e. The monoisotopic (exact) mass is 434 g/mol. The van der Waals surface area contributed by atoms with Gasteiger partial charge in [-0.15, -0.1) is 10.2 Å². The Morgan fingerprint density at radius 2 is 1.96 bits per heavy atom. The van der Waals surface area contributed by atoms with Crippen molar-refractivity contribution in [1.29, 1.82) is 0 Å². The molecule has 2 aromatic heterocycles. The van der Waals surface area contributed by atoms with E-state index in [-0.39, 0.29) is 17.6 Å². The Morgan fingerprint density at radius 1 is 1.14 bits per heavy atom. The highest BCUT2D eigenvalue weighted by atomic mass is 35.5. The zero-order valence-electron chi connectivity index (χ0n) is 14.6. The van der Waals surface area contributed by atoms with E-state index in [1.165, 1.54) is 36.2 Å². The first-order valence-electron chi connectivity index (χ1n) is 8.00. The zero-order chi connectivity index (χ0) is 19.9. The van der Waals surface area contributed by atoms with Crippen molar-refractivity contribution in [2.45, 2.75) is 11.3 Å². The number of anilines is 4. The summed E-state index contributed by atoms with van der Waals surface area (Å²) in [6, 6.07) is 10.5. The Hall–Kier alpha value is -2.69. The van der Waals surface area contributed by atoms with Crippen molar-refractivity contribution in [3.8, 4) is 0 Å². The molecule has 3 N–H and O–H groups in total. The van der Waals surface area contributed by atoms with Crippen molar-refractivity contribution in [3.63, 3.8) is 0 Å². The molecule has 2 heterocycles. The molecule has 0 saturated carbocycles. The van der Waals surface area contributed by atoms with E-state index < -0.39 is 0 Å². The average Bonchev–Trinajstić information content (AvgIpc) is 3.09. The van der Waals surface area contributed by atoms with Crippen LogP contribution in [-0.4, -0.2) is 32.7 Å². The van der Waals surface area contributed by atoms with Gasteiger partial charge in [-0.3, -0.25) is 9.59 Å². The fraction of sp³-hybridized carbons (Fsp3) is 0.118. The molecule has 28 heavy (non-hydrogen) atoms. The maximum atomic E-state index is 12.0. The summed E-state index contributed by atoms with van der Waals surface area (Å²) >= 11 is 8.37. The SMILES string of the molecule is CC(=O)Nc1cccc(Nc2nnc(SCC(=O)Nc3ccc(Cl)cn3)s2)c1. The summed E-state index contributed by atoms with van der Waals surface area (Å²) in [4.78, 5) is 27.2. The van der Waals surface area contributed by atoms with Crippen LogP contribution in [0.4, 0.5) is 22.3 Å². The first-order valence-corrected chi connectivity index (χ1v) is 10.2. The molecule has 0 fully saturated rings. The second-order valence-electron chi connectivity index (χ2n) is 5.46. The zero-order valence-corrected chi connectivity index (χ0v) is 17.0. The highest BCUT2D eigenvalue weighted by Crippen LogP contribution is 2.28. The molecule has 0 atom stereocenters. The summed E-state index contributed by atoms with van der Waals surface area (Å²) in [5, 5.41) is 17.7. The van der Waals surface area contributed by atoms with E-state index in [2.05, 4.69) is 31.1 Å². The molecule has 11 heteroatoms. The lowest BCUT2D eigenvalue weighted by molar-refractivity contribution is -0.114. The molecule has 0 aliphatic carbocycles. The summed E-state index contributed by atoms with van der Waals surface area (Å²) in [7, 11) is 0. The minimum Gasteiger partial charge on any atom is -0.330 e. The Bertz CT molecular complexity index is 980. The Balaban J connectivity index is 1.52. The molecule has 0 saturated heterocycles. The van der Waals surface area contributed by atoms with E-state index in [1.807, 2.05) is 12.1 Å². The van der Waals surface area contributed by atoms with Gasteiger partial charge in [0.05, 0.1) is 10.8 Å². The van der Waals surface area contributed by atoms with Gasteiger partial charge in [0.15, 0.2) is 4.34 Å². The quantitative estimate of drug-likeness (QED) is 0.482. The fourth-order valence-corrected chi connectivity index (χ4v) is 3.76. The number of pyridine rings is 1. The number of hydrogen-bond acceptors (Lipinski definition) is 8. The van der Waals surface area contributed by atoms with Gasteiger partial charge in [-0.05, 0) is 30.3 Å². The van der Waals surface area contributed by atoms with Gasteiger partial charge < -0.3 is 16.0 Å². The Labute approximate surface area is 174 Å². The van der Waals surface area contributed by atoms with Crippen molar-refractivity contribution in [2.24, 2.45) is 0 Å². The number of amides is 2. The highest BCUT2D eigenvalue weighted by Gasteiger charge is 2.09. The first-order chi connectivity index (χ1) is 13.5. The summed E-state index contributed by atoms with van der Waals surface area (Å²) in [6.07, 6.45) is 1.47. The van der Waals surface area contributed by atoms with Gasteiger partial charge in [0.1, 0.15) is 5.82 Å². The predicted octanol–water partition coefficient (Wildman–Crippen LogP) is 4.02. The van der Waals surface area contributed by atoms with E-state index >= 15 is 0 Å². The molecule has 0 spiro atoms. The Kier molecular flexibility index (Phi) is 6.80. The molecule has 0 bridgehead atoms. The minimum absolute atomic E-state index is 0.140. The van der Waals surface area contributed by atoms with Gasteiger partial charge >= 0.3 is 0 Å². The maximum absolute atomic E-state index is 12.0. The predicted molar refractivity (Wildman–Crippen MR) is 113 cm³/mol. The summed E-state index contributed by atoms with van der Waals surface area (Å²) in [6.45, 7) is 1.45. The van der Waals surface area contributed by atoms with Crippen LogP contribution in [0.2, 0.25) is 5.02 Å². The highest BCUT2D eigenvalue weighted by molar-refractivity contribution is 8.01. The lowest BCUT2D eigenvalue weighted by Crippen LogP contribution is -2.14. The number of halogens is 1. The third-order valence-electron chi connectivity index (χ3n) is 3.16. The maximum Gasteiger partial charge on any atom is 0.235 e. The number of thioether (sulfide) groups is 1. The van der Waals surface area contributed by atoms with Gasteiger partial charge in [0, 0.05) is 24.5 Å². The van der Waals surface area contributed by atoms with Crippen LogP contribution in [0.5, 0.6) is 0 Å². The molecule has 0 radical (unpaired) electrons. The van der Waals surface area contributed by atoms with Crippen LogP contribution >= 0.6 is 34.7 Å². The van der Waals surface area contributed by atoms with Crippen LogP contribution in [0.25, 0.3) is 0 Å². The van der Waals surface area contributed by atoms with Gasteiger partial charge in [0.2, 0.25) is 16.9 Å². The third-order valence-corrected chi connectivity index (χ3v) is 5.36. The van der Waals surface area contributed by atoms with Gasteiger partial charge in [-0.1, -0.05) is 40.8 Å². The van der Waals surface area contributed by atoms with Gasteiger partial charge in [-0.25, -0.2) is 4.98 Å². The van der Waals surface area contributed by atoms with Crippen molar-refractivity contribution in [3.05, 3.63) is 47.6 Å².